The van der Waals surface area contributed by atoms with E-state index in [1.165, 1.54) is 0 Å². The van der Waals surface area contributed by atoms with E-state index in [9.17, 15) is 5.11 Å². The second-order valence-corrected chi connectivity index (χ2v) is 4.99. The number of hydrogen-bond acceptors (Lipinski definition) is 3. The quantitative estimate of drug-likeness (QED) is 0.861. The summed E-state index contributed by atoms with van der Waals surface area (Å²) in [5.74, 6) is 1.29. The number of aryl methyl sites for hydroxylation is 1. The Morgan fingerprint density at radius 1 is 1.39 bits per heavy atom. The van der Waals surface area contributed by atoms with Crippen molar-refractivity contribution in [1.29, 1.82) is 0 Å². The number of rotatable bonds is 4. The minimum absolute atomic E-state index is 0.346. The Hall–Kier alpha value is -1.06. The minimum atomic E-state index is -0.346. The normalized spacial score (nSPS) is 18.6. The lowest BCUT2D eigenvalue weighted by atomic mass is 9.87. The van der Waals surface area contributed by atoms with Crippen LogP contribution in [0.15, 0.2) is 18.2 Å². The van der Waals surface area contributed by atoms with Crippen LogP contribution in [-0.4, -0.2) is 24.8 Å². The zero-order valence-electron chi connectivity index (χ0n) is 11.3. The van der Waals surface area contributed by atoms with Gasteiger partial charge in [-0.1, -0.05) is 6.07 Å². The van der Waals surface area contributed by atoms with Crippen molar-refractivity contribution in [2.75, 3.05) is 19.7 Å². The Labute approximate surface area is 109 Å². The van der Waals surface area contributed by atoms with Gasteiger partial charge in [0.15, 0.2) is 0 Å². The molecular formula is C15H23NO2. The van der Waals surface area contributed by atoms with Gasteiger partial charge in [-0.05, 0) is 69.0 Å². The molecule has 0 amide bonds. The van der Waals surface area contributed by atoms with Gasteiger partial charge in [0.1, 0.15) is 5.75 Å². The van der Waals surface area contributed by atoms with Crippen LogP contribution in [0.25, 0.3) is 0 Å². The summed E-state index contributed by atoms with van der Waals surface area (Å²) in [5.41, 5.74) is 2.12. The van der Waals surface area contributed by atoms with Crippen molar-refractivity contribution in [3.05, 3.63) is 29.3 Å². The molecule has 0 aromatic heterocycles. The van der Waals surface area contributed by atoms with E-state index in [0.29, 0.717) is 12.5 Å². The summed E-state index contributed by atoms with van der Waals surface area (Å²) in [5, 5.41) is 13.7. The predicted octanol–water partition coefficient (Wildman–Crippen LogP) is 2.43. The van der Waals surface area contributed by atoms with E-state index in [4.69, 9.17) is 4.74 Å². The average molecular weight is 249 g/mol. The highest BCUT2D eigenvalue weighted by Crippen LogP contribution is 2.31. The van der Waals surface area contributed by atoms with Crippen molar-refractivity contribution in [3.8, 4) is 5.75 Å². The van der Waals surface area contributed by atoms with E-state index in [-0.39, 0.29) is 6.10 Å². The number of piperidine rings is 1. The number of nitrogens with one attached hydrogen (secondary N) is 1. The zero-order chi connectivity index (χ0) is 13.0. The lowest BCUT2D eigenvalue weighted by Crippen LogP contribution is -2.30. The first-order valence-electron chi connectivity index (χ1n) is 6.84. The van der Waals surface area contributed by atoms with Crippen LogP contribution < -0.4 is 10.1 Å². The van der Waals surface area contributed by atoms with Crippen LogP contribution in [0, 0.1) is 12.8 Å². The Bertz CT molecular complexity index is 386. The van der Waals surface area contributed by atoms with Crippen molar-refractivity contribution in [2.24, 2.45) is 5.92 Å². The molecule has 1 aliphatic heterocycles. The number of benzene rings is 1. The highest BCUT2D eigenvalue weighted by molar-refractivity contribution is 5.37. The van der Waals surface area contributed by atoms with E-state index in [2.05, 4.69) is 11.4 Å². The molecule has 18 heavy (non-hydrogen) atoms. The summed E-state index contributed by atoms with van der Waals surface area (Å²) in [6, 6.07) is 6.01. The van der Waals surface area contributed by atoms with Gasteiger partial charge in [-0.2, -0.15) is 0 Å². The maximum Gasteiger partial charge on any atom is 0.122 e. The maximum absolute atomic E-state index is 10.4. The fourth-order valence-corrected chi connectivity index (χ4v) is 2.61. The third-order valence-corrected chi connectivity index (χ3v) is 3.67. The van der Waals surface area contributed by atoms with Gasteiger partial charge in [0.25, 0.3) is 0 Å². The lowest BCUT2D eigenvalue weighted by molar-refractivity contribution is 0.0888. The van der Waals surface area contributed by atoms with Gasteiger partial charge >= 0.3 is 0 Å². The molecule has 1 fully saturated rings. The predicted molar refractivity (Wildman–Crippen MR) is 72.9 cm³/mol. The third-order valence-electron chi connectivity index (χ3n) is 3.67. The average Bonchev–Trinajstić information content (AvgIpc) is 2.41. The molecule has 3 heteroatoms. The molecule has 0 radical (unpaired) electrons. The zero-order valence-corrected chi connectivity index (χ0v) is 11.3. The van der Waals surface area contributed by atoms with Gasteiger partial charge < -0.3 is 15.2 Å². The summed E-state index contributed by atoms with van der Waals surface area (Å²) < 4.78 is 5.53. The molecule has 0 aliphatic carbocycles. The van der Waals surface area contributed by atoms with Crippen molar-refractivity contribution in [2.45, 2.75) is 32.8 Å². The molecular weight excluding hydrogens is 226 g/mol. The molecule has 1 heterocycles. The van der Waals surface area contributed by atoms with Crippen LogP contribution in [0.4, 0.5) is 0 Å². The topological polar surface area (TPSA) is 41.5 Å². The summed E-state index contributed by atoms with van der Waals surface area (Å²) in [6.45, 7) is 6.72. The second kappa shape index (κ2) is 6.21. The highest BCUT2D eigenvalue weighted by Gasteiger charge is 2.23. The molecule has 0 spiro atoms. The Balaban J connectivity index is 2.10. The summed E-state index contributed by atoms with van der Waals surface area (Å²) >= 11 is 0. The molecule has 1 aliphatic rings. The second-order valence-electron chi connectivity index (χ2n) is 4.99. The van der Waals surface area contributed by atoms with Crippen LogP contribution in [0.3, 0.4) is 0 Å². The summed E-state index contributed by atoms with van der Waals surface area (Å²) in [6.07, 6.45) is 1.75. The van der Waals surface area contributed by atoms with Gasteiger partial charge in [0, 0.05) is 0 Å². The fourth-order valence-electron chi connectivity index (χ4n) is 2.61. The van der Waals surface area contributed by atoms with Crippen LogP contribution >= 0.6 is 0 Å². The number of ether oxygens (including phenoxy) is 1. The van der Waals surface area contributed by atoms with Crippen molar-refractivity contribution in [1.82, 2.24) is 5.32 Å². The molecule has 1 saturated heterocycles. The first-order valence-corrected chi connectivity index (χ1v) is 6.84. The van der Waals surface area contributed by atoms with Crippen LogP contribution in [0.1, 0.15) is 37.0 Å². The highest BCUT2D eigenvalue weighted by atomic mass is 16.5. The largest absolute Gasteiger partial charge is 0.494 e. The third kappa shape index (κ3) is 3.03. The van der Waals surface area contributed by atoms with Crippen LogP contribution in [0.2, 0.25) is 0 Å². The molecule has 100 valence electrons. The van der Waals surface area contributed by atoms with Crippen LogP contribution in [-0.2, 0) is 0 Å². The molecule has 2 rings (SSSR count). The lowest BCUT2D eigenvalue weighted by Gasteiger charge is -2.27. The maximum atomic E-state index is 10.4. The van der Waals surface area contributed by atoms with Crippen molar-refractivity contribution in [3.63, 3.8) is 0 Å². The smallest absolute Gasteiger partial charge is 0.122 e. The van der Waals surface area contributed by atoms with Crippen molar-refractivity contribution >= 4 is 0 Å². The van der Waals surface area contributed by atoms with E-state index in [1.54, 1.807) is 0 Å². The van der Waals surface area contributed by atoms with Crippen molar-refractivity contribution < 1.29 is 9.84 Å². The SMILES string of the molecule is CCOc1ccc(C(O)C2CCNCC2)cc1C. The van der Waals surface area contributed by atoms with Crippen LogP contribution in [0.5, 0.6) is 5.75 Å². The van der Waals surface area contributed by atoms with Gasteiger partial charge in [0.05, 0.1) is 12.7 Å². The van der Waals surface area contributed by atoms with E-state index >= 15 is 0 Å². The molecule has 3 nitrogen and oxygen atoms in total. The number of aliphatic hydroxyl groups is 1. The van der Waals surface area contributed by atoms with E-state index < -0.39 is 0 Å². The van der Waals surface area contributed by atoms with Gasteiger partial charge in [-0.15, -0.1) is 0 Å². The molecule has 1 aromatic rings. The first kappa shape index (κ1) is 13.4. The minimum Gasteiger partial charge on any atom is -0.494 e. The number of hydrogen-bond donors (Lipinski definition) is 2. The molecule has 1 unspecified atom stereocenters. The van der Waals surface area contributed by atoms with E-state index in [1.807, 2.05) is 26.0 Å². The molecule has 0 saturated carbocycles. The Morgan fingerprint density at radius 2 is 2.11 bits per heavy atom. The number of aliphatic hydroxyl groups excluding tert-OH is 1. The standard InChI is InChI=1S/C15H23NO2/c1-3-18-14-5-4-13(10-11(14)2)15(17)12-6-8-16-9-7-12/h4-5,10,12,15-17H,3,6-9H2,1-2H3. The van der Waals surface area contributed by atoms with Gasteiger partial charge in [0.2, 0.25) is 0 Å². The summed E-state index contributed by atoms with van der Waals surface area (Å²) in [7, 11) is 0. The van der Waals surface area contributed by atoms with E-state index in [0.717, 1.165) is 42.8 Å². The molecule has 1 atom stereocenters. The summed E-state index contributed by atoms with van der Waals surface area (Å²) in [4.78, 5) is 0. The first-order chi connectivity index (χ1) is 8.72. The molecule has 0 bridgehead atoms. The Kier molecular flexibility index (Phi) is 4.61. The monoisotopic (exact) mass is 249 g/mol. The molecule has 1 aromatic carbocycles. The molecule has 2 N–H and O–H groups in total. The van der Waals surface area contributed by atoms with Gasteiger partial charge in [-0.25, -0.2) is 0 Å². The Morgan fingerprint density at radius 3 is 2.72 bits per heavy atom. The fraction of sp³-hybridized carbons (Fsp3) is 0.600. The van der Waals surface area contributed by atoms with Gasteiger partial charge in [-0.3, -0.25) is 0 Å².